The highest BCUT2D eigenvalue weighted by atomic mass is 32.2. The van der Waals surface area contributed by atoms with Crippen LogP contribution in [0.2, 0.25) is 0 Å². The number of carbonyl (C=O) groups is 1. The average Bonchev–Trinajstić information content (AvgIpc) is 2.74. The van der Waals surface area contributed by atoms with Crippen molar-refractivity contribution in [2.24, 2.45) is 0 Å². The van der Waals surface area contributed by atoms with Gasteiger partial charge in [-0.15, -0.1) is 0 Å². The molecule has 0 aromatic heterocycles. The van der Waals surface area contributed by atoms with Crippen molar-refractivity contribution in [3.8, 4) is 5.75 Å². The Morgan fingerprint density at radius 2 is 1.62 bits per heavy atom. The van der Waals surface area contributed by atoms with Gasteiger partial charge in [-0.05, 0) is 34.6 Å². The smallest absolute Gasteiger partial charge is 0.240 e. The largest absolute Gasteiger partial charge is 0.491 e. The fourth-order valence-electron chi connectivity index (χ4n) is 3.39. The number of fused-ring (bicyclic) bond motifs is 1. The molecule has 0 bridgehead atoms. The number of nitrogens with one attached hydrogen (secondary N) is 1. The van der Waals surface area contributed by atoms with Gasteiger partial charge in [0.2, 0.25) is 15.9 Å². The second-order valence-corrected chi connectivity index (χ2v) is 10.6. The van der Waals surface area contributed by atoms with Gasteiger partial charge in [0.1, 0.15) is 18.9 Å². The highest BCUT2D eigenvalue weighted by Gasteiger charge is 2.22. The lowest BCUT2D eigenvalue weighted by molar-refractivity contribution is -0.119. The lowest BCUT2D eigenvalue weighted by Crippen LogP contribution is -2.41. The van der Waals surface area contributed by atoms with Crippen molar-refractivity contribution in [3.05, 3.63) is 72.3 Å². The topological polar surface area (TPSA) is 75.7 Å². The summed E-state index contributed by atoms with van der Waals surface area (Å²) in [6, 6.07) is 21.0. The van der Waals surface area contributed by atoms with E-state index >= 15 is 0 Å². The van der Waals surface area contributed by atoms with E-state index in [0.29, 0.717) is 5.69 Å². The number of nitrogens with zero attached hydrogens (tertiary/aromatic N) is 1. The number of benzene rings is 3. The molecule has 7 heteroatoms. The molecule has 0 radical (unpaired) electrons. The molecule has 0 spiro atoms. The minimum atomic E-state index is -3.62. The maximum atomic E-state index is 12.5. The Kier molecular flexibility index (Phi) is 7.09. The van der Waals surface area contributed by atoms with E-state index in [2.05, 4.69) is 26.1 Å². The molecule has 0 unspecified atom stereocenters. The van der Waals surface area contributed by atoms with Crippen LogP contribution < -0.4 is 14.4 Å². The number of carbonyl (C=O) groups excluding carboxylic acids is 1. The molecule has 0 aliphatic heterocycles. The van der Waals surface area contributed by atoms with Gasteiger partial charge < -0.3 is 10.1 Å². The van der Waals surface area contributed by atoms with E-state index in [-0.39, 0.29) is 25.1 Å². The molecule has 0 saturated carbocycles. The summed E-state index contributed by atoms with van der Waals surface area (Å²) in [6.07, 6.45) is 1.10. The van der Waals surface area contributed by atoms with Crippen LogP contribution in [-0.2, 0) is 20.2 Å². The Bertz CT molecular complexity index is 1180. The molecule has 6 nitrogen and oxygen atoms in total. The van der Waals surface area contributed by atoms with Crippen molar-refractivity contribution in [1.82, 2.24) is 5.32 Å². The maximum absolute atomic E-state index is 12.5. The van der Waals surface area contributed by atoms with E-state index in [0.717, 1.165) is 32.6 Å². The summed E-state index contributed by atoms with van der Waals surface area (Å²) in [5.74, 6) is 0.353. The summed E-state index contributed by atoms with van der Waals surface area (Å²) in [5.41, 5.74) is 1.50. The zero-order valence-electron chi connectivity index (χ0n) is 19.0. The second kappa shape index (κ2) is 9.61. The molecule has 3 aromatic rings. The summed E-state index contributed by atoms with van der Waals surface area (Å²) in [7, 11) is -3.62. The predicted molar refractivity (Wildman–Crippen MR) is 130 cm³/mol. The molecular weight excluding hydrogens is 424 g/mol. The average molecular weight is 455 g/mol. The Hall–Kier alpha value is -3.06. The molecule has 0 aliphatic rings. The molecule has 0 saturated heterocycles. The first kappa shape index (κ1) is 23.6. The van der Waals surface area contributed by atoms with Crippen LogP contribution in [0.3, 0.4) is 0 Å². The third-order valence-electron chi connectivity index (χ3n) is 5.14. The SMILES string of the molecule is CC(C)(C)c1ccc(N(CC(=O)NCCOc2cccc3ccccc23)S(C)(=O)=O)cc1. The first-order chi connectivity index (χ1) is 15.1. The van der Waals surface area contributed by atoms with Crippen LogP contribution in [0, 0.1) is 0 Å². The van der Waals surface area contributed by atoms with Gasteiger partial charge in [-0.2, -0.15) is 0 Å². The molecule has 3 rings (SSSR count). The fraction of sp³-hybridized carbons (Fsp3) is 0.320. The summed E-state index contributed by atoms with van der Waals surface area (Å²) >= 11 is 0. The summed E-state index contributed by atoms with van der Waals surface area (Å²) in [5, 5.41) is 4.82. The number of amides is 1. The molecule has 32 heavy (non-hydrogen) atoms. The summed E-state index contributed by atoms with van der Waals surface area (Å²) in [6.45, 7) is 6.52. The zero-order chi connectivity index (χ0) is 23.4. The normalized spacial score (nSPS) is 11.9. The van der Waals surface area contributed by atoms with Crippen LogP contribution in [0.5, 0.6) is 5.75 Å². The van der Waals surface area contributed by atoms with Crippen LogP contribution in [0.4, 0.5) is 5.69 Å². The Balaban J connectivity index is 1.59. The number of ether oxygens (including phenoxy) is 1. The highest BCUT2D eigenvalue weighted by Crippen LogP contribution is 2.26. The second-order valence-electron chi connectivity index (χ2n) is 8.74. The van der Waals surface area contributed by atoms with Gasteiger partial charge in [0.15, 0.2) is 0 Å². The van der Waals surface area contributed by atoms with E-state index in [9.17, 15) is 13.2 Å². The van der Waals surface area contributed by atoms with E-state index in [1.54, 1.807) is 12.1 Å². The quantitative estimate of drug-likeness (QED) is 0.520. The van der Waals surface area contributed by atoms with Gasteiger partial charge in [-0.1, -0.05) is 69.3 Å². The lowest BCUT2D eigenvalue weighted by Gasteiger charge is -2.24. The van der Waals surface area contributed by atoms with Crippen LogP contribution in [0.25, 0.3) is 10.8 Å². The van der Waals surface area contributed by atoms with E-state index < -0.39 is 15.9 Å². The summed E-state index contributed by atoms with van der Waals surface area (Å²) in [4.78, 5) is 12.5. The van der Waals surface area contributed by atoms with Gasteiger partial charge in [-0.3, -0.25) is 9.10 Å². The van der Waals surface area contributed by atoms with Gasteiger partial charge in [0, 0.05) is 5.39 Å². The fourth-order valence-corrected chi connectivity index (χ4v) is 4.24. The number of rotatable bonds is 8. The van der Waals surface area contributed by atoms with Crippen molar-refractivity contribution in [1.29, 1.82) is 0 Å². The van der Waals surface area contributed by atoms with Crippen LogP contribution in [0.1, 0.15) is 26.3 Å². The van der Waals surface area contributed by atoms with Crippen molar-refractivity contribution >= 4 is 32.4 Å². The van der Waals surface area contributed by atoms with Gasteiger partial charge in [-0.25, -0.2) is 8.42 Å². The predicted octanol–water partition coefficient (Wildman–Crippen LogP) is 4.10. The van der Waals surface area contributed by atoms with Gasteiger partial charge >= 0.3 is 0 Å². The first-order valence-electron chi connectivity index (χ1n) is 10.5. The van der Waals surface area contributed by atoms with Crippen molar-refractivity contribution in [3.63, 3.8) is 0 Å². The molecule has 1 amide bonds. The number of hydrogen-bond donors (Lipinski definition) is 1. The summed E-state index contributed by atoms with van der Waals surface area (Å²) < 4.78 is 31.6. The lowest BCUT2D eigenvalue weighted by atomic mass is 9.87. The Labute approximate surface area is 190 Å². The molecule has 3 aromatic carbocycles. The van der Waals surface area contributed by atoms with Crippen LogP contribution in [-0.4, -0.2) is 40.3 Å². The van der Waals surface area contributed by atoms with Crippen molar-refractivity contribution < 1.29 is 17.9 Å². The Morgan fingerprint density at radius 1 is 0.969 bits per heavy atom. The van der Waals surface area contributed by atoms with Gasteiger partial charge in [0.25, 0.3) is 0 Å². The zero-order valence-corrected chi connectivity index (χ0v) is 19.8. The standard InChI is InChI=1S/C25H30N2O4S/c1-25(2,3)20-12-14-21(15-13-20)27(32(4,29)30)18-24(28)26-16-17-31-23-11-7-9-19-8-5-6-10-22(19)23/h5-15H,16-18H2,1-4H3,(H,26,28). The van der Waals surface area contributed by atoms with Gasteiger partial charge in [0.05, 0.1) is 18.5 Å². The first-order valence-corrected chi connectivity index (χ1v) is 12.4. The molecule has 0 fully saturated rings. The van der Waals surface area contributed by atoms with Crippen LogP contribution in [0.15, 0.2) is 66.7 Å². The molecule has 0 atom stereocenters. The third kappa shape index (κ3) is 6.01. The van der Waals surface area contributed by atoms with E-state index in [4.69, 9.17) is 4.74 Å². The van der Waals surface area contributed by atoms with E-state index in [1.807, 2.05) is 54.6 Å². The number of anilines is 1. The molecule has 1 N–H and O–H groups in total. The third-order valence-corrected chi connectivity index (χ3v) is 6.28. The molecular formula is C25H30N2O4S. The maximum Gasteiger partial charge on any atom is 0.240 e. The molecule has 170 valence electrons. The highest BCUT2D eigenvalue weighted by molar-refractivity contribution is 7.92. The number of sulfonamides is 1. The van der Waals surface area contributed by atoms with E-state index in [1.165, 1.54) is 0 Å². The molecule has 0 aliphatic carbocycles. The Morgan fingerprint density at radius 3 is 2.28 bits per heavy atom. The van der Waals surface area contributed by atoms with Crippen molar-refractivity contribution in [2.45, 2.75) is 26.2 Å². The minimum absolute atomic E-state index is 0.0457. The van der Waals surface area contributed by atoms with Crippen molar-refractivity contribution in [2.75, 3.05) is 30.3 Å². The van der Waals surface area contributed by atoms with Crippen LogP contribution >= 0.6 is 0 Å². The molecule has 0 heterocycles. The monoisotopic (exact) mass is 454 g/mol. The minimum Gasteiger partial charge on any atom is -0.491 e. The number of hydrogen-bond acceptors (Lipinski definition) is 4.